The molecule has 6 heteroatoms. The second-order valence-corrected chi connectivity index (χ2v) is 6.00. The number of benzene rings is 2. The number of amides is 2. The number of urea groups is 1. The number of pyridine rings is 1. The van der Waals surface area contributed by atoms with Gasteiger partial charge in [-0.15, -0.1) is 0 Å². The molecule has 1 aliphatic heterocycles. The minimum Gasteiger partial charge on any atom is -0.488 e. The zero-order chi connectivity index (χ0) is 17.2. The molecular weight excluding hydrogens is 338 g/mol. The van der Waals surface area contributed by atoms with Gasteiger partial charge in [0.25, 0.3) is 0 Å². The largest absolute Gasteiger partial charge is 0.488 e. The molecule has 0 radical (unpaired) electrons. The third-order valence-corrected chi connectivity index (χ3v) is 4.27. The highest BCUT2D eigenvalue weighted by atomic mass is 35.5. The number of nitrogens with one attached hydrogen (secondary N) is 2. The van der Waals surface area contributed by atoms with Crippen molar-refractivity contribution in [1.82, 2.24) is 4.98 Å². The van der Waals surface area contributed by atoms with Crippen LogP contribution < -0.4 is 15.4 Å². The molecule has 0 saturated carbocycles. The molecule has 2 amide bonds. The Hall–Kier alpha value is -3.05. The Morgan fingerprint density at radius 1 is 1.08 bits per heavy atom. The highest BCUT2D eigenvalue weighted by Crippen LogP contribution is 2.38. The van der Waals surface area contributed by atoms with Gasteiger partial charge in [0.15, 0.2) is 0 Å². The molecule has 0 unspecified atom stereocenters. The summed E-state index contributed by atoms with van der Waals surface area (Å²) in [4.78, 5) is 16.3. The lowest BCUT2D eigenvalue weighted by Crippen LogP contribution is -2.19. The van der Waals surface area contributed by atoms with E-state index in [1.165, 1.54) is 0 Å². The van der Waals surface area contributed by atoms with Gasteiger partial charge in [-0.1, -0.05) is 23.7 Å². The van der Waals surface area contributed by atoms with Gasteiger partial charge in [-0.3, -0.25) is 4.98 Å². The number of halogens is 1. The Labute approximate surface area is 149 Å². The number of rotatable bonds is 2. The maximum Gasteiger partial charge on any atom is 0.323 e. The third kappa shape index (κ3) is 3.14. The quantitative estimate of drug-likeness (QED) is 0.687. The molecule has 1 aromatic heterocycles. The standard InChI is InChI=1S/C19H14ClN3O2/c20-16-3-1-2-4-17(16)23-19(24)22-13-5-6-15-14-7-8-21-10-12(14)11-25-18(15)9-13/h1-10H,11H2,(H2,22,23,24). The van der Waals surface area contributed by atoms with E-state index >= 15 is 0 Å². The lowest BCUT2D eigenvalue weighted by molar-refractivity contribution is 0.262. The Balaban J connectivity index is 1.53. The number of nitrogens with zero attached hydrogens (tertiary/aromatic N) is 1. The van der Waals surface area contributed by atoms with Crippen LogP contribution >= 0.6 is 11.6 Å². The first-order valence-electron chi connectivity index (χ1n) is 7.73. The van der Waals surface area contributed by atoms with E-state index in [0.29, 0.717) is 23.0 Å². The van der Waals surface area contributed by atoms with E-state index in [1.807, 2.05) is 30.5 Å². The van der Waals surface area contributed by atoms with E-state index in [9.17, 15) is 4.79 Å². The SMILES string of the molecule is O=C(Nc1ccc2c(c1)OCc1cnccc1-2)Nc1ccccc1Cl. The molecule has 2 aromatic carbocycles. The molecule has 0 bridgehead atoms. The normalized spacial score (nSPS) is 11.7. The lowest BCUT2D eigenvalue weighted by atomic mass is 9.99. The Kier molecular flexibility index (Phi) is 3.99. The third-order valence-electron chi connectivity index (χ3n) is 3.94. The summed E-state index contributed by atoms with van der Waals surface area (Å²) in [5, 5.41) is 6.00. The van der Waals surface area contributed by atoms with E-state index in [0.717, 1.165) is 22.4 Å². The van der Waals surface area contributed by atoms with Gasteiger partial charge in [0.1, 0.15) is 12.4 Å². The summed E-state index contributed by atoms with van der Waals surface area (Å²) in [6.45, 7) is 0.464. The highest BCUT2D eigenvalue weighted by molar-refractivity contribution is 6.33. The van der Waals surface area contributed by atoms with Gasteiger partial charge < -0.3 is 15.4 Å². The van der Waals surface area contributed by atoms with Gasteiger partial charge in [-0.2, -0.15) is 0 Å². The number of hydrogen-bond acceptors (Lipinski definition) is 3. The van der Waals surface area contributed by atoms with Gasteiger partial charge in [-0.05, 0) is 35.9 Å². The molecule has 0 saturated heterocycles. The predicted octanol–water partition coefficient (Wildman–Crippen LogP) is 4.94. The number of carbonyl (C=O) groups is 1. The van der Waals surface area contributed by atoms with Crippen molar-refractivity contribution in [2.24, 2.45) is 0 Å². The number of hydrogen-bond donors (Lipinski definition) is 2. The zero-order valence-corrected chi connectivity index (χ0v) is 13.9. The highest BCUT2D eigenvalue weighted by Gasteiger charge is 2.18. The molecular formula is C19H14ClN3O2. The summed E-state index contributed by atoms with van der Waals surface area (Å²) >= 11 is 6.05. The van der Waals surface area contributed by atoms with E-state index in [2.05, 4.69) is 15.6 Å². The fourth-order valence-electron chi connectivity index (χ4n) is 2.75. The molecule has 5 nitrogen and oxygen atoms in total. The van der Waals surface area contributed by atoms with Crippen molar-refractivity contribution < 1.29 is 9.53 Å². The molecule has 0 aliphatic carbocycles. The van der Waals surface area contributed by atoms with Crippen molar-refractivity contribution in [3.63, 3.8) is 0 Å². The molecule has 4 rings (SSSR count). The maximum absolute atomic E-state index is 12.2. The molecule has 25 heavy (non-hydrogen) atoms. The Morgan fingerprint density at radius 2 is 1.96 bits per heavy atom. The van der Waals surface area contributed by atoms with Gasteiger partial charge in [0.05, 0.1) is 10.7 Å². The monoisotopic (exact) mass is 351 g/mol. The average molecular weight is 352 g/mol. The van der Waals surface area contributed by atoms with Crippen molar-refractivity contribution in [2.45, 2.75) is 6.61 Å². The first-order chi connectivity index (χ1) is 12.2. The smallest absolute Gasteiger partial charge is 0.323 e. The molecule has 3 aromatic rings. The van der Waals surface area contributed by atoms with Gasteiger partial charge in [0.2, 0.25) is 0 Å². The minimum atomic E-state index is -0.367. The van der Waals surface area contributed by atoms with E-state index in [1.54, 1.807) is 30.5 Å². The molecule has 2 N–H and O–H groups in total. The first-order valence-corrected chi connectivity index (χ1v) is 8.11. The number of carbonyl (C=O) groups excluding carboxylic acids is 1. The number of anilines is 2. The zero-order valence-electron chi connectivity index (χ0n) is 13.1. The number of ether oxygens (including phenoxy) is 1. The minimum absolute atomic E-state index is 0.367. The molecule has 0 atom stereocenters. The fraction of sp³-hybridized carbons (Fsp3) is 0.0526. The summed E-state index contributed by atoms with van der Waals surface area (Å²) in [5.41, 5.74) is 4.33. The van der Waals surface area contributed by atoms with E-state index in [-0.39, 0.29) is 6.03 Å². The van der Waals surface area contributed by atoms with Crippen molar-refractivity contribution >= 4 is 29.0 Å². The van der Waals surface area contributed by atoms with Gasteiger partial charge in [-0.25, -0.2) is 4.79 Å². The van der Waals surface area contributed by atoms with Crippen molar-refractivity contribution in [2.75, 3.05) is 10.6 Å². The topological polar surface area (TPSA) is 63.2 Å². The summed E-state index contributed by atoms with van der Waals surface area (Å²) in [6.07, 6.45) is 3.57. The van der Waals surface area contributed by atoms with Crippen LogP contribution in [0.1, 0.15) is 5.56 Å². The van der Waals surface area contributed by atoms with Crippen LogP contribution in [-0.2, 0) is 6.61 Å². The summed E-state index contributed by atoms with van der Waals surface area (Å²) in [5.74, 6) is 0.731. The average Bonchev–Trinajstić information content (AvgIpc) is 2.63. The van der Waals surface area contributed by atoms with Crippen molar-refractivity contribution in [3.05, 3.63) is 71.5 Å². The van der Waals surface area contributed by atoms with Crippen molar-refractivity contribution in [3.8, 4) is 16.9 Å². The lowest BCUT2D eigenvalue weighted by Gasteiger charge is -2.21. The molecule has 124 valence electrons. The van der Waals surface area contributed by atoms with Crippen LogP contribution in [0.15, 0.2) is 60.9 Å². The van der Waals surface area contributed by atoms with Gasteiger partial charge >= 0.3 is 6.03 Å². The van der Waals surface area contributed by atoms with Crippen LogP contribution in [0.2, 0.25) is 5.02 Å². The predicted molar refractivity (Wildman–Crippen MR) is 98.1 cm³/mol. The second kappa shape index (κ2) is 6.45. The van der Waals surface area contributed by atoms with Crippen LogP contribution in [0.3, 0.4) is 0 Å². The molecule has 0 spiro atoms. The van der Waals surface area contributed by atoms with Crippen LogP contribution in [0.5, 0.6) is 5.75 Å². The maximum atomic E-state index is 12.2. The summed E-state index contributed by atoms with van der Waals surface area (Å²) in [7, 11) is 0. The van der Waals surface area contributed by atoms with E-state index in [4.69, 9.17) is 16.3 Å². The summed E-state index contributed by atoms with van der Waals surface area (Å²) < 4.78 is 5.78. The fourth-order valence-corrected chi connectivity index (χ4v) is 2.93. The Bertz CT molecular complexity index is 959. The second-order valence-electron chi connectivity index (χ2n) is 5.59. The molecule has 2 heterocycles. The van der Waals surface area contributed by atoms with E-state index < -0.39 is 0 Å². The van der Waals surface area contributed by atoms with Crippen molar-refractivity contribution in [1.29, 1.82) is 0 Å². The number of fused-ring (bicyclic) bond motifs is 3. The van der Waals surface area contributed by atoms with Crippen LogP contribution in [-0.4, -0.2) is 11.0 Å². The molecule has 0 fully saturated rings. The van der Waals surface area contributed by atoms with Crippen LogP contribution in [0, 0.1) is 0 Å². The van der Waals surface area contributed by atoms with Crippen LogP contribution in [0.25, 0.3) is 11.1 Å². The number of aromatic nitrogens is 1. The number of para-hydroxylation sites is 1. The Morgan fingerprint density at radius 3 is 2.84 bits per heavy atom. The van der Waals surface area contributed by atoms with Gasteiger partial charge in [0, 0.05) is 35.3 Å². The first kappa shape index (κ1) is 15.5. The summed E-state index contributed by atoms with van der Waals surface area (Å²) in [6, 6.07) is 14.2. The molecule has 1 aliphatic rings. The van der Waals surface area contributed by atoms with Crippen LogP contribution in [0.4, 0.5) is 16.2 Å².